The van der Waals surface area contributed by atoms with E-state index in [-0.39, 0.29) is 5.97 Å². The van der Waals surface area contributed by atoms with Gasteiger partial charge in [-0.2, -0.15) is 13.2 Å². The van der Waals surface area contributed by atoms with Gasteiger partial charge in [0.05, 0.1) is 17.7 Å². The zero-order valence-electron chi connectivity index (χ0n) is 12.7. The molecule has 2 nitrogen and oxygen atoms in total. The lowest BCUT2D eigenvalue weighted by molar-refractivity contribution is -0.137. The van der Waals surface area contributed by atoms with Gasteiger partial charge in [-0.25, -0.2) is 4.79 Å². The van der Waals surface area contributed by atoms with Gasteiger partial charge in [-0.05, 0) is 55.2 Å². The number of ether oxygens (including phenoxy) is 1. The number of carbonyl (C=O) groups is 1. The van der Waals surface area contributed by atoms with E-state index >= 15 is 0 Å². The predicted molar refractivity (Wildman–Crippen MR) is 81.3 cm³/mol. The molecule has 0 atom stereocenters. The highest BCUT2D eigenvalue weighted by Crippen LogP contribution is 2.29. The first kappa shape index (κ1) is 17.1. The maximum Gasteiger partial charge on any atom is 0.416 e. The van der Waals surface area contributed by atoms with Crippen molar-refractivity contribution in [2.75, 3.05) is 6.61 Å². The minimum absolute atomic E-state index is 0.328. The highest BCUT2D eigenvalue weighted by molar-refractivity contribution is 5.89. The van der Waals surface area contributed by atoms with Crippen LogP contribution >= 0.6 is 0 Å². The molecule has 0 heterocycles. The Morgan fingerprint density at radius 2 is 1.39 bits per heavy atom. The fourth-order valence-corrected chi connectivity index (χ4v) is 2.17. The van der Waals surface area contributed by atoms with E-state index in [0.717, 1.165) is 23.3 Å². The Bertz CT molecular complexity index is 643. The van der Waals surface area contributed by atoms with Crippen molar-refractivity contribution in [1.82, 2.24) is 0 Å². The Balaban J connectivity index is 1.94. The number of hydrogen-bond donors (Lipinski definition) is 0. The van der Waals surface area contributed by atoms with Gasteiger partial charge in [0.15, 0.2) is 0 Å². The van der Waals surface area contributed by atoms with Crippen molar-refractivity contribution in [2.24, 2.45) is 0 Å². The number of hydrogen-bond acceptors (Lipinski definition) is 2. The van der Waals surface area contributed by atoms with Crippen LogP contribution in [-0.2, 0) is 23.8 Å². The third-order valence-corrected chi connectivity index (χ3v) is 3.45. The van der Waals surface area contributed by atoms with Crippen molar-refractivity contribution in [3.8, 4) is 0 Å². The first-order valence-corrected chi connectivity index (χ1v) is 7.32. The molecule has 0 amide bonds. The zero-order valence-corrected chi connectivity index (χ0v) is 12.7. The fourth-order valence-electron chi connectivity index (χ4n) is 2.17. The number of aryl methyl sites for hydroxylation is 2. The summed E-state index contributed by atoms with van der Waals surface area (Å²) in [5.74, 6) is -0.359. The molecule has 0 bridgehead atoms. The van der Waals surface area contributed by atoms with Gasteiger partial charge in [0.1, 0.15) is 0 Å². The molecule has 0 fully saturated rings. The standard InChI is InChI=1S/C18H17F3O2/c1-2-23-17(22)15-9-5-13(6-10-15)3-4-14-7-11-16(12-8-14)18(19,20)21/h5-12H,2-4H2,1H3. The van der Waals surface area contributed by atoms with Gasteiger partial charge < -0.3 is 4.74 Å². The quantitative estimate of drug-likeness (QED) is 0.748. The van der Waals surface area contributed by atoms with Crippen LogP contribution < -0.4 is 0 Å². The molecule has 0 N–H and O–H groups in total. The first-order chi connectivity index (χ1) is 10.9. The molecule has 5 heteroatoms. The van der Waals surface area contributed by atoms with E-state index in [1.807, 2.05) is 12.1 Å². The van der Waals surface area contributed by atoms with Gasteiger partial charge in [0.2, 0.25) is 0 Å². The molecule has 0 aliphatic carbocycles. The normalized spacial score (nSPS) is 11.3. The molecular weight excluding hydrogens is 305 g/mol. The number of rotatable bonds is 5. The van der Waals surface area contributed by atoms with Gasteiger partial charge in [-0.3, -0.25) is 0 Å². The van der Waals surface area contributed by atoms with Crippen molar-refractivity contribution >= 4 is 5.97 Å². The second-order valence-electron chi connectivity index (χ2n) is 5.11. The van der Waals surface area contributed by atoms with E-state index in [9.17, 15) is 18.0 Å². The summed E-state index contributed by atoms with van der Waals surface area (Å²) in [4.78, 5) is 11.5. The molecule has 0 aromatic heterocycles. The SMILES string of the molecule is CCOC(=O)c1ccc(CCc2ccc(C(F)(F)F)cc2)cc1. The van der Waals surface area contributed by atoms with Gasteiger partial charge in [0.25, 0.3) is 0 Å². The molecule has 2 aromatic carbocycles. The Kier molecular flexibility index (Phi) is 5.42. The Morgan fingerprint density at radius 3 is 1.83 bits per heavy atom. The molecule has 2 rings (SSSR count). The summed E-state index contributed by atoms with van der Waals surface area (Å²) < 4.78 is 42.4. The number of carbonyl (C=O) groups excluding carboxylic acids is 1. The van der Waals surface area contributed by atoms with Crippen LogP contribution in [-0.4, -0.2) is 12.6 Å². The summed E-state index contributed by atoms with van der Waals surface area (Å²) in [5, 5.41) is 0. The Hall–Kier alpha value is -2.30. The van der Waals surface area contributed by atoms with Crippen LogP contribution in [0.5, 0.6) is 0 Å². The van der Waals surface area contributed by atoms with Crippen LogP contribution in [0.4, 0.5) is 13.2 Å². The minimum atomic E-state index is -4.30. The van der Waals surface area contributed by atoms with Gasteiger partial charge in [-0.15, -0.1) is 0 Å². The average molecular weight is 322 g/mol. The maximum absolute atomic E-state index is 12.5. The van der Waals surface area contributed by atoms with E-state index < -0.39 is 11.7 Å². The van der Waals surface area contributed by atoms with Crippen molar-refractivity contribution in [2.45, 2.75) is 25.9 Å². The van der Waals surface area contributed by atoms with Crippen molar-refractivity contribution in [1.29, 1.82) is 0 Å². The van der Waals surface area contributed by atoms with Crippen LogP contribution in [0.25, 0.3) is 0 Å². The lowest BCUT2D eigenvalue weighted by Gasteiger charge is -2.08. The molecule has 0 aliphatic heterocycles. The summed E-state index contributed by atoms with van der Waals surface area (Å²) in [6.07, 6.45) is -2.98. The molecule has 0 radical (unpaired) electrons. The topological polar surface area (TPSA) is 26.3 Å². The van der Waals surface area contributed by atoms with E-state index in [4.69, 9.17) is 4.74 Å². The van der Waals surface area contributed by atoms with E-state index in [0.29, 0.717) is 25.0 Å². The Labute approximate surface area is 132 Å². The second-order valence-corrected chi connectivity index (χ2v) is 5.11. The highest BCUT2D eigenvalue weighted by Gasteiger charge is 2.29. The van der Waals surface area contributed by atoms with Gasteiger partial charge in [-0.1, -0.05) is 24.3 Å². The molecule has 0 unspecified atom stereocenters. The first-order valence-electron chi connectivity index (χ1n) is 7.32. The van der Waals surface area contributed by atoms with Crippen LogP contribution in [0.15, 0.2) is 48.5 Å². The molecule has 0 saturated carbocycles. The molecule has 122 valence electrons. The monoisotopic (exact) mass is 322 g/mol. The van der Waals surface area contributed by atoms with E-state index in [1.54, 1.807) is 19.1 Å². The molecule has 0 spiro atoms. The maximum atomic E-state index is 12.5. The fraction of sp³-hybridized carbons (Fsp3) is 0.278. The molecule has 0 saturated heterocycles. The summed E-state index contributed by atoms with van der Waals surface area (Å²) in [7, 11) is 0. The number of esters is 1. The molecule has 2 aromatic rings. The molecular formula is C18H17F3O2. The van der Waals surface area contributed by atoms with Crippen LogP contribution in [0.1, 0.15) is 34.0 Å². The second kappa shape index (κ2) is 7.31. The number of benzene rings is 2. The molecule has 0 aliphatic rings. The van der Waals surface area contributed by atoms with Crippen molar-refractivity contribution < 1.29 is 22.7 Å². The summed E-state index contributed by atoms with van der Waals surface area (Å²) in [5.41, 5.74) is 1.70. The number of alkyl halides is 3. The van der Waals surface area contributed by atoms with Crippen LogP contribution in [0, 0.1) is 0 Å². The van der Waals surface area contributed by atoms with Crippen LogP contribution in [0.3, 0.4) is 0 Å². The Morgan fingerprint density at radius 1 is 0.913 bits per heavy atom. The summed E-state index contributed by atoms with van der Waals surface area (Å²) in [6.45, 7) is 2.07. The minimum Gasteiger partial charge on any atom is -0.462 e. The van der Waals surface area contributed by atoms with E-state index in [1.165, 1.54) is 12.1 Å². The molecule has 23 heavy (non-hydrogen) atoms. The summed E-state index contributed by atoms with van der Waals surface area (Å²) in [6, 6.07) is 12.2. The average Bonchev–Trinajstić information content (AvgIpc) is 2.53. The number of halogens is 3. The smallest absolute Gasteiger partial charge is 0.416 e. The lowest BCUT2D eigenvalue weighted by atomic mass is 10.0. The largest absolute Gasteiger partial charge is 0.462 e. The zero-order chi connectivity index (χ0) is 16.9. The third-order valence-electron chi connectivity index (χ3n) is 3.45. The predicted octanol–water partition coefficient (Wildman–Crippen LogP) is 4.67. The van der Waals surface area contributed by atoms with Gasteiger partial charge in [0, 0.05) is 0 Å². The lowest BCUT2D eigenvalue weighted by Crippen LogP contribution is -2.05. The summed E-state index contributed by atoms with van der Waals surface area (Å²) >= 11 is 0. The van der Waals surface area contributed by atoms with Crippen molar-refractivity contribution in [3.63, 3.8) is 0 Å². The highest BCUT2D eigenvalue weighted by atomic mass is 19.4. The van der Waals surface area contributed by atoms with E-state index in [2.05, 4.69) is 0 Å². The van der Waals surface area contributed by atoms with Crippen LogP contribution in [0.2, 0.25) is 0 Å². The van der Waals surface area contributed by atoms with Crippen molar-refractivity contribution in [3.05, 3.63) is 70.8 Å². The third kappa shape index (κ3) is 4.84. The van der Waals surface area contributed by atoms with Gasteiger partial charge >= 0.3 is 12.1 Å².